The van der Waals surface area contributed by atoms with Gasteiger partial charge in [0.2, 0.25) is 0 Å². The number of benzene rings is 2. The summed E-state index contributed by atoms with van der Waals surface area (Å²) in [5.74, 6) is -0.732. The largest absolute Gasteiger partial charge is 0.462 e. The summed E-state index contributed by atoms with van der Waals surface area (Å²) in [6, 6.07) is 17.4. The highest BCUT2D eigenvalue weighted by Gasteiger charge is 2.12. The molecule has 2 rings (SSSR count). The van der Waals surface area contributed by atoms with Gasteiger partial charge in [0.1, 0.15) is 5.78 Å². The molecule has 0 saturated heterocycles. The first kappa shape index (κ1) is 16.6. The van der Waals surface area contributed by atoms with E-state index in [-0.39, 0.29) is 31.0 Å². The summed E-state index contributed by atoms with van der Waals surface area (Å²) >= 11 is 0. The van der Waals surface area contributed by atoms with Crippen LogP contribution in [0.3, 0.4) is 0 Å². The molecule has 4 nitrogen and oxygen atoms in total. The Balaban J connectivity index is 1.67. The lowest BCUT2D eigenvalue weighted by Crippen LogP contribution is -2.11. The molecule has 0 N–H and O–H groups in total. The van der Waals surface area contributed by atoms with Gasteiger partial charge >= 0.3 is 5.97 Å². The maximum atomic E-state index is 11.9. The van der Waals surface area contributed by atoms with E-state index in [0.29, 0.717) is 17.5 Å². The molecule has 0 atom stereocenters. The van der Waals surface area contributed by atoms with Crippen LogP contribution in [0.25, 0.3) is 0 Å². The lowest BCUT2D eigenvalue weighted by atomic mass is 10.0. The van der Waals surface area contributed by atoms with E-state index in [9.17, 15) is 14.4 Å². The zero-order valence-corrected chi connectivity index (χ0v) is 12.7. The summed E-state index contributed by atoms with van der Waals surface area (Å²) in [5, 5.41) is 0. The Kier molecular flexibility index (Phi) is 6.24. The van der Waals surface area contributed by atoms with E-state index in [1.54, 1.807) is 48.5 Å². The molecule has 118 valence electrons. The Hall–Kier alpha value is -2.75. The molecular weight excluding hydrogens is 292 g/mol. The fourth-order valence-electron chi connectivity index (χ4n) is 2.09. The number of hydrogen-bond acceptors (Lipinski definition) is 4. The number of Topliss-reactive ketones (excluding diaryl/α,β-unsaturated/α-hetero) is 2. The highest BCUT2D eigenvalue weighted by atomic mass is 16.5. The first-order valence-corrected chi connectivity index (χ1v) is 7.49. The van der Waals surface area contributed by atoms with Gasteiger partial charge in [-0.25, -0.2) is 4.79 Å². The monoisotopic (exact) mass is 310 g/mol. The van der Waals surface area contributed by atoms with E-state index in [1.807, 2.05) is 12.1 Å². The first-order valence-electron chi connectivity index (χ1n) is 7.49. The third-order valence-electron chi connectivity index (χ3n) is 3.30. The van der Waals surface area contributed by atoms with Crippen LogP contribution in [-0.2, 0) is 9.53 Å². The summed E-state index contributed by atoms with van der Waals surface area (Å²) in [4.78, 5) is 35.3. The van der Waals surface area contributed by atoms with E-state index < -0.39 is 5.97 Å². The van der Waals surface area contributed by atoms with Gasteiger partial charge in [0.15, 0.2) is 5.78 Å². The summed E-state index contributed by atoms with van der Waals surface area (Å²) in [6.45, 7) is 0.166. The third kappa shape index (κ3) is 5.51. The van der Waals surface area contributed by atoms with Crippen LogP contribution in [0.4, 0.5) is 0 Å². The third-order valence-corrected chi connectivity index (χ3v) is 3.30. The number of esters is 1. The van der Waals surface area contributed by atoms with E-state index in [1.165, 1.54) is 0 Å². The average Bonchev–Trinajstić information content (AvgIpc) is 2.60. The molecule has 0 aliphatic heterocycles. The molecule has 4 heteroatoms. The Labute approximate surface area is 135 Å². The SMILES string of the molecule is O=C(CCCOC(=O)c1ccccc1)CC(=O)c1ccccc1. The molecule has 0 fully saturated rings. The molecule has 2 aromatic rings. The van der Waals surface area contributed by atoms with Crippen molar-refractivity contribution in [2.24, 2.45) is 0 Å². The van der Waals surface area contributed by atoms with Gasteiger partial charge in [-0.15, -0.1) is 0 Å². The molecule has 0 unspecified atom stereocenters. The van der Waals surface area contributed by atoms with Gasteiger partial charge in [0.25, 0.3) is 0 Å². The second-order valence-corrected chi connectivity index (χ2v) is 5.11. The molecule has 0 saturated carbocycles. The van der Waals surface area contributed by atoms with E-state index in [2.05, 4.69) is 0 Å². The normalized spacial score (nSPS) is 10.1. The number of hydrogen-bond donors (Lipinski definition) is 0. The van der Waals surface area contributed by atoms with Crippen molar-refractivity contribution in [2.45, 2.75) is 19.3 Å². The molecule has 0 bridgehead atoms. The number of ether oxygens (including phenoxy) is 1. The van der Waals surface area contributed by atoms with Crippen LogP contribution in [0, 0.1) is 0 Å². The Morgan fingerprint density at radius 3 is 1.96 bits per heavy atom. The first-order chi connectivity index (χ1) is 11.2. The van der Waals surface area contributed by atoms with Crippen LogP contribution in [0.2, 0.25) is 0 Å². The average molecular weight is 310 g/mol. The second kappa shape index (κ2) is 8.63. The van der Waals surface area contributed by atoms with Crippen molar-refractivity contribution in [1.82, 2.24) is 0 Å². The summed E-state index contributed by atoms with van der Waals surface area (Å²) in [6.07, 6.45) is 0.525. The lowest BCUT2D eigenvalue weighted by molar-refractivity contribution is -0.118. The molecule has 0 aliphatic carbocycles. The number of carbonyl (C=O) groups is 3. The quantitative estimate of drug-likeness (QED) is 0.324. The molecule has 0 heterocycles. The molecule has 2 aromatic carbocycles. The fraction of sp³-hybridized carbons (Fsp3) is 0.211. The van der Waals surface area contributed by atoms with Gasteiger partial charge < -0.3 is 4.74 Å². The fourth-order valence-corrected chi connectivity index (χ4v) is 2.09. The van der Waals surface area contributed by atoms with E-state index >= 15 is 0 Å². The molecule has 23 heavy (non-hydrogen) atoms. The molecule has 0 aromatic heterocycles. The van der Waals surface area contributed by atoms with Crippen molar-refractivity contribution in [3.8, 4) is 0 Å². The Morgan fingerprint density at radius 2 is 1.35 bits per heavy atom. The van der Waals surface area contributed by atoms with Crippen LogP contribution in [0.15, 0.2) is 60.7 Å². The Bertz CT molecular complexity index is 662. The van der Waals surface area contributed by atoms with Crippen molar-refractivity contribution in [3.05, 3.63) is 71.8 Å². The molecule has 0 amide bonds. The van der Waals surface area contributed by atoms with Crippen molar-refractivity contribution < 1.29 is 19.1 Å². The summed E-state index contributed by atoms with van der Waals surface area (Å²) < 4.78 is 5.09. The van der Waals surface area contributed by atoms with Crippen LogP contribution >= 0.6 is 0 Å². The van der Waals surface area contributed by atoms with E-state index in [4.69, 9.17) is 4.74 Å². The van der Waals surface area contributed by atoms with Crippen molar-refractivity contribution >= 4 is 17.5 Å². The van der Waals surface area contributed by atoms with Gasteiger partial charge in [0.05, 0.1) is 18.6 Å². The van der Waals surface area contributed by atoms with Crippen molar-refractivity contribution in [2.75, 3.05) is 6.61 Å². The minimum atomic E-state index is -0.404. The molecule has 0 radical (unpaired) electrons. The highest BCUT2D eigenvalue weighted by molar-refractivity contribution is 6.07. The van der Waals surface area contributed by atoms with Crippen LogP contribution in [-0.4, -0.2) is 24.1 Å². The van der Waals surface area contributed by atoms with Crippen molar-refractivity contribution in [1.29, 1.82) is 0 Å². The lowest BCUT2D eigenvalue weighted by Gasteiger charge is -2.04. The molecule has 0 spiro atoms. The minimum absolute atomic E-state index is 0.114. The molecule has 0 aliphatic rings. The highest BCUT2D eigenvalue weighted by Crippen LogP contribution is 2.07. The number of carbonyl (C=O) groups excluding carboxylic acids is 3. The topological polar surface area (TPSA) is 60.4 Å². The van der Waals surface area contributed by atoms with Gasteiger partial charge in [0, 0.05) is 12.0 Å². The number of ketones is 2. The smallest absolute Gasteiger partial charge is 0.338 e. The van der Waals surface area contributed by atoms with Gasteiger partial charge in [-0.1, -0.05) is 48.5 Å². The Morgan fingerprint density at radius 1 is 0.783 bits per heavy atom. The van der Waals surface area contributed by atoms with Gasteiger partial charge in [-0.2, -0.15) is 0 Å². The maximum Gasteiger partial charge on any atom is 0.338 e. The van der Waals surface area contributed by atoms with Gasteiger partial charge in [-0.05, 0) is 18.6 Å². The van der Waals surface area contributed by atoms with Crippen LogP contribution < -0.4 is 0 Å². The number of rotatable bonds is 8. The summed E-state index contributed by atoms with van der Waals surface area (Å²) in [7, 11) is 0. The maximum absolute atomic E-state index is 11.9. The summed E-state index contributed by atoms with van der Waals surface area (Å²) in [5.41, 5.74) is 1.02. The zero-order valence-electron chi connectivity index (χ0n) is 12.7. The minimum Gasteiger partial charge on any atom is -0.462 e. The standard InChI is InChI=1S/C19H18O4/c20-17(14-18(21)15-8-3-1-4-9-15)12-7-13-23-19(22)16-10-5-2-6-11-16/h1-6,8-11H,7,12-14H2. The van der Waals surface area contributed by atoms with Gasteiger partial charge in [-0.3, -0.25) is 9.59 Å². The predicted octanol–water partition coefficient (Wildman–Crippen LogP) is 3.47. The predicted molar refractivity (Wildman–Crippen MR) is 86.4 cm³/mol. The van der Waals surface area contributed by atoms with Crippen molar-refractivity contribution in [3.63, 3.8) is 0 Å². The van der Waals surface area contributed by atoms with Crippen LogP contribution in [0.5, 0.6) is 0 Å². The zero-order chi connectivity index (χ0) is 16.5. The van der Waals surface area contributed by atoms with E-state index in [0.717, 1.165) is 0 Å². The van der Waals surface area contributed by atoms with Crippen LogP contribution in [0.1, 0.15) is 40.0 Å². The second-order valence-electron chi connectivity index (χ2n) is 5.11. The molecular formula is C19H18O4.